The molecule has 0 fully saturated rings. The molecule has 3 nitrogen and oxygen atoms in total. The van der Waals surface area contributed by atoms with Crippen molar-refractivity contribution in [1.82, 2.24) is 4.98 Å². The minimum atomic E-state index is 0.0548. The van der Waals surface area contributed by atoms with Crippen LogP contribution in [0.15, 0.2) is 5.38 Å². The van der Waals surface area contributed by atoms with Gasteiger partial charge in [-0.2, -0.15) is 0 Å². The lowest BCUT2D eigenvalue weighted by atomic mass is 10.5. The number of aliphatic hydroxyl groups is 1. The highest BCUT2D eigenvalue weighted by atomic mass is 32.1. The van der Waals surface area contributed by atoms with E-state index in [0.717, 1.165) is 17.2 Å². The Kier molecular flexibility index (Phi) is 2.99. The smallest absolute Gasteiger partial charge is 0.147 e. The first-order valence-electron chi connectivity index (χ1n) is 3.55. The lowest BCUT2D eigenvalue weighted by molar-refractivity contribution is -0.872. The zero-order valence-corrected chi connectivity index (χ0v) is 7.61. The average molecular weight is 173 g/mol. The second-order valence-corrected chi connectivity index (χ2v) is 3.72. The van der Waals surface area contributed by atoms with Gasteiger partial charge in [-0.15, -0.1) is 11.3 Å². The molecule has 1 aromatic heterocycles. The van der Waals surface area contributed by atoms with Crippen molar-refractivity contribution in [1.29, 1.82) is 0 Å². The Labute approximate surface area is 70.3 Å². The predicted octanol–water partition coefficient (Wildman–Crippen LogP) is -0.720. The molecule has 0 amide bonds. The van der Waals surface area contributed by atoms with Crippen molar-refractivity contribution in [3.63, 3.8) is 0 Å². The molecule has 0 aliphatic heterocycles. The molecule has 4 heteroatoms. The van der Waals surface area contributed by atoms with Crippen molar-refractivity contribution >= 4 is 11.3 Å². The van der Waals surface area contributed by atoms with Crippen LogP contribution in [-0.4, -0.2) is 24.2 Å². The number of nitrogens with one attached hydrogen (secondary N) is 1. The molecule has 2 N–H and O–H groups in total. The normalized spacial score (nSPS) is 10.9. The zero-order valence-electron chi connectivity index (χ0n) is 6.79. The van der Waals surface area contributed by atoms with E-state index in [2.05, 4.69) is 19.1 Å². The van der Waals surface area contributed by atoms with E-state index in [0.29, 0.717) is 0 Å². The van der Waals surface area contributed by atoms with Gasteiger partial charge >= 0.3 is 0 Å². The zero-order chi connectivity index (χ0) is 8.27. The van der Waals surface area contributed by atoms with Crippen LogP contribution in [0, 0.1) is 0 Å². The molecule has 11 heavy (non-hydrogen) atoms. The van der Waals surface area contributed by atoms with Gasteiger partial charge in [0.15, 0.2) is 0 Å². The van der Waals surface area contributed by atoms with E-state index in [1.807, 2.05) is 5.38 Å². The fourth-order valence-electron chi connectivity index (χ4n) is 0.805. The second-order valence-electron chi connectivity index (χ2n) is 2.77. The van der Waals surface area contributed by atoms with Gasteiger partial charge in [0.05, 0.1) is 26.4 Å². The van der Waals surface area contributed by atoms with Gasteiger partial charge in [-0.1, -0.05) is 0 Å². The quantitative estimate of drug-likeness (QED) is 0.633. The van der Waals surface area contributed by atoms with Gasteiger partial charge in [-0.3, -0.25) is 0 Å². The number of aliphatic hydroxyl groups excluding tert-OH is 1. The summed E-state index contributed by atoms with van der Waals surface area (Å²) in [4.78, 5) is 5.57. The number of rotatable bonds is 3. The van der Waals surface area contributed by atoms with Crippen LogP contribution in [0.3, 0.4) is 0 Å². The summed E-state index contributed by atoms with van der Waals surface area (Å²) in [5, 5.41) is 11.7. The summed E-state index contributed by atoms with van der Waals surface area (Å²) in [6.07, 6.45) is 0. The number of quaternary nitrogens is 1. The van der Waals surface area contributed by atoms with Gasteiger partial charge < -0.3 is 10.0 Å². The van der Waals surface area contributed by atoms with E-state index in [4.69, 9.17) is 5.11 Å². The van der Waals surface area contributed by atoms with E-state index < -0.39 is 0 Å². The van der Waals surface area contributed by atoms with Crippen LogP contribution in [0.1, 0.15) is 10.7 Å². The third-order valence-electron chi connectivity index (χ3n) is 1.27. The minimum Gasteiger partial charge on any atom is -0.390 e. The number of nitrogens with zero attached hydrogens (tertiary/aromatic N) is 1. The largest absolute Gasteiger partial charge is 0.390 e. The Morgan fingerprint density at radius 3 is 2.82 bits per heavy atom. The number of hydrogen-bond donors (Lipinski definition) is 2. The van der Waals surface area contributed by atoms with E-state index >= 15 is 0 Å². The van der Waals surface area contributed by atoms with Gasteiger partial charge in [0.2, 0.25) is 0 Å². The molecule has 0 radical (unpaired) electrons. The van der Waals surface area contributed by atoms with E-state index in [1.54, 1.807) is 11.3 Å². The highest BCUT2D eigenvalue weighted by Gasteiger charge is 2.03. The third kappa shape index (κ3) is 2.57. The maximum Gasteiger partial charge on any atom is 0.147 e. The van der Waals surface area contributed by atoms with Crippen LogP contribution in [0.2, 0.25) is 0 Å². The van der Waals surface area contributed by atoms with Crippen molar-refractivity contribution < 1.29 is 10.0 Å². The molecule has 0 saturated heterocycles. The van der Waals surface area contributed by atoms with Crippen molar-refractivity contribution in [2.75, 3.05) is 14.1 Å². The molecule has 1 heterocycles. The summed E-state index contributed by atoms with van der Waals surface area (Å²) in [6, 6.07) is 0. The Morgan fingerprint density at radius 1 is 1.64 bits per heavy atom. The maximum atomic E-state index is 8.72. The van der Waals surface area contributed by atoms with Crippen LogP contribution < -0.4 is 4.90 Å². The van der Waals surface area contributed by atoms with Crippen molar-refractivity contribution in [3.8, 4) is 0 Å². The molecule has 0 spiro atoms. The third-order valence-corrected chi connectivity index (χ3v) is 2.16. The minimum absolute atomic E-state index is 0.0548. The SMILES string of the molecule is C[NH+](C)Cc1nc(CO)cs1. The summed E-state index contributed by atoms with van der Waals surface area (Å²) < 4.78 is 0. The Balaban J connectivity index is 2.58. The van der Waals surface area contributed by atoms with E-state index in [-0.39, 0.29) is 6.61 Å². The van der Waals surface area contributed by atoms with Crippen LogP contribution >= 0.6 is 11.3 Å². The summed E-state index contributed by atoms with van der Waals surface area (Å²) in [5.74, 6) is 0. The molecule has 1 aromatic rings. The number of thiazole rings is 1. The average Bonchev–Trinajstić information content (AvgIpc) is 2.34. The molecule has 1 rings (SSSR count). The maximum absolute atomic E-state index is 8.72. The fraction of sp³-hybridized carbons (Fsp3) is 0.571. The van der Waals surface area contributed by atoms with E-state index in [9.17, 15) is 0 Å². The highest BCUT2D eigenvalue weighted by molar-refractivity contribution is 7.09. The van der Waals surface area contributed by atoms with Crippen LogP contribution in [0.5, 0.6) is 0 Å². The Morgan fingerprint density at radius 2 is 2.36 bits per heavy atom. The topological polar surface area (TPSA) is 37.6 Å². The molecular weight excluding hydrogens is 160 g/mol. The molecule has 0 aliphatic carbocycles. The second kappa shape index (κ2) is 3.80. The van der Waals surface area contributed by atoms with E-state index in [1.165, 1.54) is 4.90 Å². The molecule has 0 bridgehead atoms. The summed E-state index contributed by atoms with van der Waals surface area (Å²) in [6.45, 7) is 0.990. The first-order chi connectivity index (χ1) is 5.22. The molecule has 0 saturated carbocycles. The van der Waals surface area contributed by atoms with Crippen molar-refractivity contribution in [2.45, 2.75) is 13.2 Å². The highest BCUT2D eigenvalue weighted by Crippen LogP contribution is 2.07. The van der Waals surface area contributed by atoms with Crippen LogP contribution in [-0.2, 0) is 13.2 Å². The molecular formula is C7H13N2OS+. The van der Waals surface area contributed by atoms with Crippen molar-refractivity contribution in [2.24, 2.45) is 0 Å². The van der Waals surface area contributed by atoms with Crippen LogP contribution in [0.4, 0.5) is 0 Å². The standard InChI is InChI=1S/C7H12N2OS/c1-9(2)3-7-8-6(4-10)5-11-7/h5,10H,3-4H2,1-2H3/p+1. The fourth-order valence-corrected chi connectivity index (χ4v) is 1.75. The van der Waals surface area contributed by atoms with Gasteiger partial charge in [-0.05, 0) is 0 Å². The number of aromatic nitrogens is 1. The first-order valence-corrected chi connectivity index (χ1v) is 4.43. The summed E-state index contributed by atoms with van der Waals surface area (Å²) >= 11 is 1.61. The van der Waals surface area contributed by atoms with Gasteiger partial charge in [0.1, 0.15) is 11.6 Å². The lowest BCUT2D eigenvalue weighted by Gasteiger charge is -2.02. The monoisotopic (exact) mass is 173 g/mol. The number of hydrogen-bond acceptors (Lipinski definition) is 3. The Bertz CT molecular complexity index is 222. The lowest BCUT2D eigenvalue weighted by Crippen LogP contribution is -3.04. The molecule has 0 atom stereocenters. The van der Waals surface area contributed by atoms with Crippen molar-refractivity contribution in [3.05, 3.63) is 16.1 Å². The summed E-state index contributed by atoms with van der Waals surface area (Å²) in [7, 11) is 4.17. The predicted molar refractivity (Wildman–Crippen MR) is 44.6 cm³/mol. The van der Waals surface area contributed by atoms with Gasteiger partial charge in [0.25, 0.3) is 0 Å². The Hall–Kier alpha value is -0.450. The molecule has 0 aromatic carbocycles. The summed E-state index contributed by atoms with van der Waals surface area (Å²) in [5.41, 5.74) is 0.784. The first kappa shape index (κ1) is 8.64. The molecule has 62 valence electrons. The van der Waals surface area contributed by atoms with Gasteiger partial charge in [0, 0.05) is 5.38 Å². The van der Waals surface area contributed by atoms with Gasteiger partial charge in [-0.25, -0.2) is 4.98 Å². The molecule has 0 unspecified atom stereocenters. The van der Waals surface area contributed by atoms with Crippen LogP contribution in [0.25, 0.3) is 0 Å². The molecule has 0 aliphatic rings.